The van der Waals surface area contributed by atoms with Crippen LogP contribution >= 0.6 is 0 Å². The second-order valence-electron chi connectivity index (χ2n) is 4.63. The van der Waals surface area contributed by atoms with E-state index >= 15 is 0 Å². The van der Waals surface area contributed by atoms with Crippen molar-refractivity contribution in [1.82, 2.24) is 0 Å². The molecule has 1 heterocycles. The van der Waals surface area contributed by atoms with Crippen molar-refractivity contribution < 1.29 is 13.9 Å². The van der Waals surface area contributed by atoms with E-state index in [2.05, 4.69) is 5.32 Å². The lowest BCUT2D eigenvalue weighted by Crippen LogP contribution is -2.21. The van der Waals surface area contributed by atoms with E-state index < -0.39 is 5.63 Å². The molecule has 0 aliphatic rings. The van der Waals surface area contributed by atoms with Crippen LogP contribution in [-0.2, 0) is 4.79 Å². The third kappa shape index (κ3) is 3.15. The van der Waals surface area contributed by atoms with Gasteiger partial charge in [-0.05, 0) is 24.3 Å². The summed E-state index contributed by atoms with van der Waals surface area (Å²) in [6.07, 6.45) is 0. The number of nitrogens with one attached hydrogen (secondary N) is 1. The molecule has 0 fully saturated rings. The maximum atomic E-state index is 12.0. The summed E-state index contributed by atoms with van der Waals surface area (Å²) in [4.78, 5) is 23.5. The fraction of sp³-hybridized carbons (Fsp3) is 0.0588. The maximum absolute atomic E-state index is 12.0. The Hall–Kier alpha value is -3.08. The summed E-state index contributed by atoms with van der Waals surface area (Å²) in [7, 11) is 0. The Labute approximate surface area is 126 Å². The summed E-state index contributed by atoms with van der Waals surface area (Å²) in [5, 5.41) is 3.33. The van der Waals surface area contributed by atoms with Crippen molar-refractivity contribution in [3.8, 4) is 5.75 Å². The number of anilines is 1. The first-order valence-electron chi connectivity index (χ1n) is 6.73. The largest absolute Gasteiger partial charge is 0.484 e. The van der Waals surface area contributed by atoms with Crippen LogP contribution in [0.15, 0.2) is 69.9 Å². The van der Waals surface area contributed by atoms with Gasteiger partial charge in [0.25, 0.3) is 5.91 Å². The lowest BCUT2D eigenvalue weighted by atomic mass is 10.2. The molecule has 1 amide bonds. The lowest BCUT2D eigenvalue weighted by Gasteiger charge is -2.09. The van der Waals surface area contributed by atoms with Crippen molar-refractivity contribution in [3.63, 3.8) is 0 Å². The first kappa shape index (κ1) is 13.9. The van der Waals surface area contributed by atoms with Crippen molar-refractivity contribution in [2.45, 2.75) is 0 Å². The average Bonchev–Trinajstić information content (AvgIpc) is 2.54. The van der Waals surface area contributed by atoms with Crippen molar-refractivity contribution in [3.05, 3.63) is 71.1 Å². The topological polar surface area (TPSA) is 68.5 Å². The van der Waals surface area contributed by atoms with Crippen molar-refractivity contribution in [2.75, 3.05) is 11.9 Å². The van der Waals surface area contributed by atoms with Crippen LogP contribution in [0.25, 0.3) is 11.0 Å². The van der Waals surface area contributed by atoms with E-state index in [1.165, 1.54) is 6.07 Å². The molecule has 0 spiro atoms. The minimum Gasteiger partial charge on any atom is -0.484 e. The predicted molar refractivity (Wildman–Crippen MR) is 83.1 cm³/mol. The Morgan fingerprint density at radius 3 is 2.59 bits per heavy atom. The number of carbonyl (C=O) groups is 1. The molecule has 1 N–H and O–H groups in total. The number of ether oxygens (including phenoxy) is 1. The van der Waals surface area contributed by atoms with Gasteiger partial charge in [-0.1, -0.05) is 30.3 Å². The minimum atomic E-state index is -0.516. The molecular weight excluding hydrogens is 282 g/mol. The van der Waals surface area contributed by atoms with Crippen LogP contribution in [0, 0.1) is 0 Å². The zero-order chi connectivity index (χ0) is 15.4. The summed E-state index contributed by atoms with van der Waals surface area (Å²) in [6.45, 7) is -0.140. The Morgan fingerprint density at radius 1 is 1.05 bits per heavy atom. The molecule has 3 aromatic rings. The van der Waals surface area contributed by atoms with Gasteiger partial charge in [0, 0.05) is 11.5 Å². The number of fused-ring (bicyclic) bond motifs is 1. The van der Waals surface area contributed by atoms with Gasteiger partial charge in [-0.2, -0.15) is 0 Å². The molecule has 0 saturated carbocycles. The molecule has 0 atom stereocenters. The van der Waals surface area contributed by atoms with E-state index in [1.54, 1.807) is 36.4 Å². The molecule has 1 aromatic heterocycles. The molecule has 0 aliphatic carbocycles. The molecule has 110 valence electrons. The van der Waals surface area contributed by atoms with E-state index in [-0.39, 0.29) is 12.5 Å². The molecule has 0 aliphatic heterocycles. The molecule has 5 nitrogen and oxygen atoms in total. The predicted octanol–water partition coefficient (Wildman–Crippen LogP) is 2.81. The average molecular weight is 295 g/mol. The number of rotatable bonds is 4. The molecule has 22 heavy (non-hydrogen) atoms. The van der Waals surface area contributed by atoms with E-state index in [4.69, 9.17) is 9.15 Å². The molecule has 5 heteroatoms. The maximum Gasteiger partial charge on any atom is 0.338 e. The monoisotopic (exact) mass is 295 g/mol. The summed E-state index contributed by atoms with van der Waals surface area (Å²) in [6, 6.07) is 17.3. The highest BCUT2D eigenvalue weighted by molar-refractivity contribution is 6.00. The van der Waals surface area contributed by atoms with Gasteiger partial charge in [0.2, 0.25) is 0 Å². The van der Waals surface area contributed by atoms with Gasteiger partial charge in [0.15, 0.2) is 6.61 Å². The van der Waals surface area contributed by atoms with Gasteiger partial charge in [-0.15, -0.1) is 0 Å². The standard InChI is InChI=1S/C17H13NO4/c19-16(11-21-12-6-2-1-3-7-12)18-14-10-17(20)22-15-9-5-4-8-13(14)15/h1-10H,11H2,(H,18,19). The fourth-order valence-corrected chi connectivity index (χ4v) is 2.07. The van der Waals surface area contributed by atoms with Crippen LogP contribution in [0.1, 0.15) is 0 Å². The lowest BCUT2D eigenvalue weighted by molar-refractivity contribution is -0.118. The third-order valence-corrected chi connectivity index (χ3v) is 3.04. The van der Waals surface area contributed by atoms with Crippen LogP contribution in [0.4, 0.5) is 5.69 Å². The van der Waals surface area contributed by atoms with Crippen LogP contribution in [0.3, 0.4) is 0 Å². The summed E-state index contributed by atoms with van der Waals surface area (Å²) < 4.78 is 10.4. The SMILES string of the molecule is O=C(COc1ccccc1)Nc1cc(=O)oc2ccccc12. The second kappa shape index (κ2) is 6.13. The Balaban J connectivity index is 1.75. The Morgan fingerprint density at radius 2 is 1.77 bits per heavy atom. The van der Waals surface area contributed by atoms with E-state index in [0.29, 0.717) is 22.4 Å². The number of hydrogen-bond acceptors (Lipinski definition) is 4. The summed E-state index contributed by atoms with van der Waals surface area (Å²) in [5.74, 6) is 0.259. The first-order valence-corrected chi connectivity index (χ1v) is 6.73. The van der Waals surface area contributed by atoms with Crippen molar-refractivity contribution in [1.29, 1.82) is 0 Å². The van der Waals surface area contributed by atoms with Crippen LogP contribution in [-0.4, -0.2) is 12.5 Å². The highest BCUT2D eigenvalue weighted by atomic mass is 16.5. The zero-order valence-corrected chi connectivity index (χ0v) is 11.6. The normalized spacial score (nSPS) is 10.4. The molecule has 0 bridgehead atoms. The van der Waals surface area contributed by atoms with Crippen LogP contribution in [0.2, 0.25) is 0 Å². The summed E-state index contributed by atoms with van der Waals surface area (Å²) in [5.41, 5.74) is 0.320. The van der Waals surface area contributed by atoms with E-state index in [1.807, 2.05) is 18.2 Å². The molecule has 3 rings (SSSR count). The number of carbonyl (C=O) groups excluding carboxylic acids is 1. The number of benzene rings is 2. The molecule has 2 aromatic carbocycles. The van der Waals surface area contributed by atoms with Gasteiger partial charge >= 0.3 is 5.63 Å². The molecule has 0 unspecified atom stereocenters. The minimum absolute atomic E-state index is 0.140. The second-order valence-corrected chi connectivity index (χ2v) is 4.63. The highest BCUT2D eigenvalue weighted by Crippen LogP contribution is 2.20. The van der Waals surface area contributed by atoms with E-state index in [0.717, 1.165) is 0 Å². The van der Waals surface area contributed by atoms with Gasteiger partial charge in [0.1, 0.15) is 11.3 Å². The van der Waals surface area contributed by atoms with Gasteiger partial charge in [-0.3, -0.25) is 4.79 Å². The van der Waals surface area contributed by atoms with Gasteiger partial charge in [-0.25, -0.2) is 4.79 Å². The zero-order valence-electron chi connectivity index (χ0n) is 11.6. The Kier molecular flexibility index (Phi) is 3.87. The van der Waals surface area contributed by atoms with Crippen molar-refractivity contribution in [2.24, 2.45) is 0 Å². The quantitative estimate of drug-likeness (QED) is 0.751. The molecular formula is C17H13NO4. The Bertz CT molecular complexity index is 855. The number of hydrogen-bond donors (Lipinski definition) is 1. The first-order chi connectivity index (χ1) is 10.7. The fourth-order valence-electron chi connectivity index (χ4n) is 2.07. The molecule has 0 saturated heterocycles. The third-order valence-electron chi connectivity index (χ3n) is 3.04. The van der Waals surface area contributed by atoms with Gasteiger partial charge in [0.05, 0.1) is 5.69 Å². The number of para-hydroxylation sites is 2. The highest BCUT2D eigenvalue weighted by Gasteiger charge is 2.09. The van der Waals surface area contributed by atoms with Crippen LogP contribution < -0.4 is 15.7 Å². The molecule has 0 radical (unpaired) electrons. The van der Waals surface area contributed by atoms with Crippen LogP contribution in [0.5, 0.6) is 5.75 Å². The van der Waals surface area contributed by atoms with E-state index in [9.17, 15) is 9.59 Å². The van der Waals surface area contributed by atoms with Gasteiger partial charge < -0.3 is 14.5 Å². The smallest absolute Gasteiger partial charge is 0.338 e. The summed E-state index contributed by atoms with van der Waals surface area (Å²) >= 11 is 0. The van der Waals surface area contributed by atoms with Crippen molar-refractivity contribution >= 4 is 22.6 Å². The number of amides is 1.